The van der Waals surface area contributed by atoms with E-state index < -0.39 is 0 Å². The molecule has 29 heavy (non-hydrogen) atoms. The lowest BCUT2D eigenvalue weighted by Gasteiger charge is -1.99. The lowest BCUT2D eigenvalue weighted by Crippen LogP contribution is -1.91. The second-order valence-electron chi connectivity index (χ2n) is 6.78. The maximum absolute atomic E-state index is 9.97. The number of nitrogens with one attached hydrogen (secondary N) is 1. The summed E-state index contributed by atoms with van der Waals surface area (Å²) in [5.41, 5.74) is 7.85. The Labute approximate surface area is 171 Å². The molecular weight excluding hydrogens is 380 g/mol. The van der Waals surface area contributed by atoms with E-state index in [0.717, 1.165) is 11.3 Å². The minimum atomic E-state index is 0.219. The molecule has 0 unspecified atom stereocenters. The van der Waals surface area contributed by atoms with E-state index in [1.807, 2.05) is 17.5 Å². The van der Waals surface area contributed by atoms with Crippen LogP contribution in [0.4, 0.5) is 5.13 Å². The van der Waals surface area contributed by atoms with Crippen LogP contribution in [0, 0.1) is 0 Å². The molecular formula is C23H18N4OS. The van der Waals surface area contributed by atoms with Crippen LogP contribution >= 0.6 is 11.3 Å². The standard InChI is InChI=1S/C23H18N4OS/c1-27-20-8-4-2-6-16(20)18-12-15(10-11-21(18)27)13-24-26-23-25-19(14-29-23)17-7-3-5-9-22(17)28/h2-14,28H,1H3,(H,25,26)/b24-13+. The monoisotopic (exact) mass is 398 g/mol. The third kappa shape index (κ3) is 3.13. The molecule has 0 saturated carbocycles. The highest BCUT2D eigenvalue weighted by Crippen LogP contribution is 2.31. The van der Waals surface area contributed by atoms with Gasteiger partial charge in [-0.15, -0.1) is 11.3 Å². The minimum Gasteiger partial charge on any atom is -0.507 e. The van der Waals surface area contributed by atoms with Crippen LogP contribution in [-0.4, -0.2) is 20.9 Å². The molecule has 142 valence electrons. The molecule has 3 aromatic carbocycles. The Morgan fingerprint density at radius 1 is 1.00 bits per heavy atom. The van der Waals surface area contributed by atoms with Crippen LogP contribution in [0.25, 0.3) is 33.1 Å². The summed E-state index contributed by atoms with van der Waals surface area (Å²) in [5.74, 6) is 0.219. The Balaban J connectivity index is 1.39. The van der Waals surface area contributed by atoms with Crippen molar-refractivity contribution in [2.45, 2.75) is 0 Å². The number of benzene rings is 3. The molecule has 0 atom stereocenters. The molecule has 0 fully saturated rings. The number of aromatic hydroxyl groups is 1. The maximum Gasteiger partial charge on any atom is 0.203 e. The Morgan fingerprint density at radius 2 is 1.79 bits per heavy atom. The minimum absolute atomic E-state index is 0.219. The fourth-order valence-electron chi connectivity index (χ4n) is 3.57. The van der Waals surface area contributed by atoms with Gasteiger partial charge in [0.15, 0.2) is 0 Å². The number of phenolic OH excluding ortho intramolecular Hbond substituents is 1. The summed E-state index contributed by atoms with van der Waals surface area (Å²) in [6.45, 7) is 0. The zero-order valence-electron chi connectivity index (χ0n) is 15.7. The Kier molecular flexibility index (Phi) is 4.26. The van der Waals surface area contributed by atoms with Crippen LogP contribution in [-0.2, 0) is 7.05 Å². The van der Waals surface area contributed by atoms with Crippen molar-refractivity contribution in [1.29, 1.82) is 0 Å². The van der Waals surface area contributed by atoms with Gasteiger partial charge in [-0.3, -0.25) is 5.43 Å². The number of aromatic nitrogens is 2. The van der Waals surface area contributed by atoms with Crippen LogP contribution in [0.5, 0.6) is 5.75 Å². The number of nitrogens with zero attached hydrogens (tertiary/aromatic N) is 3. The van der Waals surface area contributed by atoms with Crippen LogP contribution in [0.3, 0.4) is 0 Å². The number of fused-ring (bicyclic) bond motifs is 3. The molecule has 0 spiro atoms. The topological polar surface area (TPSA) is 62.4 Å². The van der Waals surface area contributed by atoms with E-state index in [9.17, 15) is 5.11 Å². The summed E-state index contributed by atoms with van der Waals surface area (Å²) in [4.78, 5) is 4.50. The molecule has 5 aromatic rings. The normalized spacial score (nSPS) is 11.6. The molecule has 0 amide bonds. The lowest BCUT2D eigenvalue weighted by atomic mass is 10.1. The SMILES string of the molecule is Cn1c2ccccc2c2cc(/C=N/Nc3nc(-c4ccccc4O)cs3)ccc21. The van der Waals surface area contributed by atoms with Gasteiger partial charge in [0.25, 0.3) is 0 Å². The van der Waals surface area contributed by atoms with E-state index in [1.165, 1.54) is 33.1 Å². The number of hydrazone groups is 1. The molecule has 0 aliphatic carbocycles. The molecule has 0 saturated heterocycles. The molecule has 5 nitrogen and oxygen atoms in total. The number of aryl methyl sites for hydroxylation is 1. The van der Waals surface area contributed by atoms with Crippen molar-refractivity contribution in [3.63, 3.8) is 0 Å². The highest BCUT2D eigenvalue weighted by molar-refractivity contribution is 7.14. The van der Waals surface area contributed by atoms with E-state index in [-0.39, 0.29) is 5.75 Å². The van der Waals surface area contributed by atoms with Crippen molar-refractivity contribution in [1.82, 2.24) is 9.55 Å². The van der Waals surface area contributed by atoms with Gasteiger partial charge >= 0.3 is 0 Å². The van der Waals surface area contributed by atoms with Crippen molar-refractivity contribution >= 4 is 44.5 Å². The first-order valence-electron chi connectivity index (χ1n) is 9.21. The summed E-state index contributed by atoms with van der Waals surface area (Å²) < 4.78 is 2.21. The third-order valence-corrected chi connectivity index (χ3v) is 5.74. The molecule has 0 bridgehead atoms. The number of anilines is 1. The van der Waals surface area contributed by atoms with Gasteiger partial charge in [0.1, 0.15) is 5.75 Å². The van der Waals surface area contributed by atoms with Crippen molar-refractivity contribution in [2.24, 2.45) is 12.1 Å². The first-order chi connectivity index (χ1) is 14.2. The largest absolute Gasteiger partial charge is 0.507 e. The molecule has 2 aromatic heterocycles. The van der Waals surface area contributed by atoms with Crippen LogP contribution in [0.2, 0.25) is 0 Å². The highest BCUT2D eigenvalue weighted by atomic mass is 32.1. The summed E-state index contributed by atoms with van der Waals surface area (Å²) >= 11 is 1.45. The van der Waals surface area contributed by atoms with E-state index >= 15 is 0 Å². The van der Waals surface area contributed by atoms with E-state index in [0.29, 0.717) is 10.7 Å². The van der Waals surface area contributed by atoms with Crippen LogP contribution in [0.1, 0.15) is 5.56 Å². The third-order valence-electron chi connectivity index (χ3n) is 5.00. The van der Waals surface area contributed by atoms with Gasteiger partial charge in [-0.25, -0.2) is 4.98 Å². The molecule has 0 aliphatic rings. The fraction of sp³-hybridized carbons (Fsp3) is 0.0435. The van der Waals surface area contributed by atoms with Gasteiger partial charge < -0.3 is 9.67 Å². The van der Waals surface area contributed by atoms with Gasteiger partial charge in [0.05, 0.1) is 11.9 Å². The van der Waals surface area contributed by atoms with Crippen LogP contribution in [0.15, 0.2) is 77.2 Å². The number of thiazole rings is 1. The smallest absolute Gasteiger partial charge is 0.203 e. The maximum atomic E-state index is 9.97. The average Bonchev–Trinajstić information content (AvgIpc) is 3.32. The van der Waals surface area contributed by atoms with Gasteiger partial charge in [-0.2, -0.15) is 5.10 Å². The second-order valence-corrected chi connectivity index (χ2v) is 7.64. The van der Waals surface area contributed by atoms with E-state index in [1.54, 1.807) is 18.3 Å². The fourth-order valence-corrected chi connectivity index (χ4v) is 4.23. The zero-order valence-corrected chi connectivity index (χ0v) is 16.5. The molecule has 6 heteroatoms. The average molecular weight is 398 g/mol. The number of rotatable bonds is 4. The Bertz CT molecular complexity index is 1370. The number of hydrogen-bond acceptors (Lipinski definition) is 5. The first kappa shape index (κ1) is 17.5. The summed E-state index contributed by atoms with van der Waals surface area (Å²) in [6.07, 6.45) is 1.79. The van der Waals surface area contributed by atoms with Crippen molar-refractivity contribution in [3.05, 3.63) is 77.7 Å². The Hall–Kier alpha value is -3.64. The van der Waals surface area contributed by atoms with Gasteiger partial charge in [0.2, 0.25) is 5.13 Å². The summed E-state index contributed by atoms with van der Waals surface area (Å²) in [5, 5.41) is 19.3. The Morgan fingerprint density at radius 3 is 2.69 bits per heavy atom. The second kappa shape index (κ2) is 7.07. The van der Waals surface area contributed by atoms with Crippen molar-refractivity contribution in [2.75, 3.05) is 5.43 Å². The molecule has 0 radical (unpaired) electrons. The number of hydrogen-bond donors (Lipinski definition) is 2. The van der Waals surface area contributed by atoms with Gasteiger partial charge in [0, 0.05) is 39.8 Å². The first-order valence-corrected chi connectivity index (χ1v) is 10.1. The molecule has 2 heterocycles. The van der Waals surface area contributed by atoms with Crippen molar-refractivity contribution in [3.8, 4) is 17.0 Å². The quantitative estimate of drug-likeness (QED) is 0.306. The lowest BCUT2D eigenvalue weighted by molar-refractivity contribution is 0.477. The molecule has 5 rings (SSSR count). The predicted molar refractivity (Wildman–Crippen MR) is 121 cm³/mol. The molecule has 0 aliphatic heterocycles. The highest BCUT2D eigenvalue weighted by Gasteiger charge is 2.09. The summed E-state index contributed by atoms with van der Waals surface area (Å²) in [7, 11) is 2.09. The molecule has 2 N–H and O–H groups in total. The van der Waals surface area contributed by atoms with E-state index in [2.05, 4.69) is 69.6 Å². The van der Waals surface area contributed by atoms with Gasteiger partial charge in [-0.05, 0) is 35.9 Å². The van der Waals surface area contributed by atoms with Gasteiger partial charge in [-0.1, -0.05) is 36.4 Å². The van der Waals surface area contributed by atoms with Crippen LogP contribution < -0.4 is 5.43 Å². The number of para-hydroxylation sites is 2. The van der Waals surface area contributed by atoms with E-state index in [4.69, 9.17) is 0 Å². The zero-order chi connectivity index (χ0) is 19.8. The summed E-state index contributed by atoms with van der Waals surface area (Å²) in [6, 6.07) is 21.9. The predicted octanol–water partition coefficient (Wildman–Crippen LogP) is 5.61. The number of phenols is 1. The van der Waals surface area contributed by atoms with Crippen molar-refractivity contribution < 1.29 is 5.11 Å².